The molecular formula is C31H41FN8O2. The zero-order valence-corrected chi connectivity index (χ0v) is 25.5. The fourth-order valence-electron chi connectivity index (χ4n) is 5.03. The lowest BCUT2D eigenvalue weighted by atomic mass is 10.1. The van der Waals surface area contributed by atoms with Gasteiger partial charge in [-0.1, -0.05) is 13.5 Å². The van der Waals surface area contributed by atoms with Crippen LogP contribution in [-0.2, 0) is 4.79 Å². The fourth-order valence-corrected chi connectivity index (χ4v) is 5.03. The second-order valence-electron chi connectivity index (χ2n) is 10.6. The number of amides is 1. The third-order valence-corrected chi connectivity index (χ3v) is 7.40. The van der Waals surface area contributed by atoms with Crippen LogP contribution >= 0.6 is 0 Å². The maximum atomic E-state index is 15.2. The van der Waals surface area contributed by atoms with Crippen LogP contribution in [0.4, 0.5) is 38.8 Å². The fraction of sp³-hybridized carbons (Fsp3) is 0.387. The Kier molecular flexibility index (Phi) is 9.52. The van der Waals surface area contributed by atoms with Crippen LogP contribution in [0.15, 0.2) is 49.2 Å². The van der Waals surface area contributed by atoms with E-state index >= 15 is 4.39 Å². The average molecular weight is 577 g/mol. The van der Waals surface area contributed by atoms with E-state index in [1.807, 2.05) is 26.1 Å². The Morgan fingerprint density at radius 1 is 1.24 bits per heavy atom. The van der Waals surface area contributed by atoms with Crippen molar-refractivity contribution in [1.82, 2.24) is 14.9 Å². The van der Waals surface area contributed by atoms with Crippen molar-refractivity contribution < 1.29 is 13.9 Å². The second kappa shape index (κ2) is 13.1. The van der Waals surface area contributed by atoms with Gasteiger partial charge in [0.25, 0.3) is 0 Å². The van der Waals surface area contributed by atoms with E-state index in [0.29, 0.717) is 40.0 Å². The highest BCUT2D eigenvalue weighted by atomic mass is 19.1. The van der Waals surface area contributed by atoms with Crippen LogP contribution in [0.2, 0.25) is 0 Å². The summed E-state index contributed by atoms with van der Waals surface area (Å²) in [7, 11) is 5.61. The van der Waals surface area contributed by atoms with Gasteiger partial charge in [-0.2, -0.15) is 0 Å². The first kappa shape index (κ1) is 30.6. The van der Waals surface area contributed by atoms with Crippen LogP contribution in [0.25, 0.3) is 11.3 Å². The van der Waals surface area contributed by atoms with E-state index in [4.69, 9.17) is 4.74 Å². The number of rotatable bonds is 12. The quantitative estimate of drug-likeness (QED) is 0.240. The SMILES string of the molecule is C=CC(=O)Nc1cc(Nc2nccc(-c3cc(F)c4c(c3)N(C(C)C)C(C)N4)n2)c(OC)cc1N(C)CCN(C)CC. The number of nitrogens with zero attached hydrogens (tertiary/aromatic N) is 5. The molecule has 11 heteroatoms. The summed E-state index contributed by atoms with van der Waals surface area (Å²) in [6.45, 7) is 14.4. The van der Waals surface area contributed by atoms with Gasteiger partial charge in [0, 0.05) is 44.0 Å². The van der Waals surface area contributed by atoms with Crippen molar-refractivity contribution in [2.75, 3.05) is 66.6 Å². The molecule has 1 aromatic heterocycles. The lowest BCUT2D eigenvalue weighted by molar-refractivity contribution is -0.111. The minimum Gasteiger partial charge on any atom is -0.494 e. The third-order valence-electron chi connectivity index (χ3n) is 7.40. The molecule has 0 radical (unpaired) electrons. The maximum absolute atomic E-state index is 15.2. The van der Waals surface area contributed by atoms with Gasteiger partial charge in [-0.25, -0.2) is 14.4 Å². The van der Waals surface area contributed by atoms with Crippen LogP contribution in [0, 0.1) is 5.82 Å². The molecule has 1 atom stereocenters. The molecule has 0 bridgehead atoms. The molecule has 0 aliphatic carbocycles. The molecule has 10 nitrogen and oxygen atoms in total. The Labute approximate surface area is 247 Å². The van der Waals surface area contributed by atoms with Crippen LogP contribution in [0.5, 0.6) is 5.75 Å². The molecule has 1 aliphatic heterocycles. The first-order valence-electron chi connectivity index (χ1n) is 14.1. The second-order valence-corrected chi connectivity index (χ2v) is 10.6. The minimum absolute atomic E-state index is 0.0230. The maximum Gasteiger partial charge on any atom is 0.247 e. The Bertz CT molecular complexity index is 1450. The topological polar surface area (TPSA) is 97.9 Å². The number of aromatic nitrogens is 2. The van der Waals surface area contributed by atoms with E-state index in [9.17, 15) is 4.79 Å². The van der Waals surface area contributed by atoms with E-state index in [-0.39, 0.29) is 23.9 Å². The number of halogens is 1. The number of carbonyl (C=O) groups is 1. The monoisotopic (exact) mass is 576 g/mol. The summed E-state index contributed by atoms with van der Waals surface area (Å²) in [6.07, 6.45) is 2.83. The Morgan fingerprint density at radius 3 is 2.67 bits per heavy atom. The van der Waals surface area contributed by atoms with Crippen molar-refractivity contribution in [3.8, 4) is 17.0 Å². The molecule has 2 heterocycles. The van der Waals surface area contributed by atoms with E-state index in [2.05, 4.69) is 75.0 Å². The molecule has 224 valence electrons. The number of likely N-dealkylation sites (N-methyl/N-ethyl adjacent to an activating group) is 2. The number of methoxy groups -OCH3 is 1. The van der Waals surface area contributed by atoms with Crippen LogP contribution in [-0.4, -0.2) is 73.8 Å². The van der Waals surface area contributed by atoms with Crippen LogP contribution in [0.1, 0.15) is 27.7 Å². The van der Waals surface area contributed by atoms with Gasteiger partial charge < -0.3 is 35.4 Å². The molecule has 3 N–H and O–H groups in total. The molecule has 0 fully saturated rings. The molecule has 2 aromatic carbocycles. The molecule has 1 aliphatic rings. The number of benzene rings is 2. The van der Waals surface area contributed by atoms with Gasteiger partial charge >= 0.3 is 0 Å². The molecule has 42 heavy (non-hydrogen) atoms. The predicted octanol–water partition coefficient (Wildman–Crippen LogP) is 5.53. The van der Waals surface area contributed by atoms with Crippen molar-refractivity contribution >= 4 is 40.3 Å². The molecule has 1 amide bonds. The molecule has 4 rings (SSSR count). The van der Waals surface area contributed by atoms with E-state index in [0.717, 1.165) is 31.0 Å². The molecular weight excluding hydrogens is 535 g/mol. The van der Waals surface area contributed by atoms with Crippen molar-refractivity contribution in [2.45, 2.75) is 39.9 Å². The summed E-state index contributed by atoms with van der Waals surface area (Å²) in [5.41, 5.74) is 4.43. The Balaban J connectivity index is 1.68. The third kappa shape index (κ3) is 6.57. The first-order valence-corrected chi connectivity index (χ1v) is 14.1. The highest BCUT2D eigenvalue weighted by Crippen LogP contribution is 2.41. The number of carbonyl (C=O) groups excluding carboxylic acids is 1. The van der Waals surface area contributed by atoms with Gasteiger partial charge in [-0.15, -0.1) is 0 Å². The number of hydrogen-bond donors (Lipinski definition) is 3. The molecule has 0 saturated carbocycles. The molecule has 1 unspecified atom stereocenters. The Hall–Kier alpha value is -4.38. The number of fused-ring (bicyclic) bond motifs is 1. The van der Waals surface area contributed by atoms with Crippen molar-refractivity contribution in [3.05, 3.63) is 55.0 Å². The smallest absolute Gasteiger partial charge is 0.247 e. The summed E-state index contributed by atoms with van der Waals surface area (Å²) in [4.78, 5) is 27.8. The summed E-state index contributed by atoms with van der Waals surface area (Å²) < 4.78 is 20.9. The largest absolute Gasteiger partial charge is 0.494 e. The number of ether oxygens (including phenoxy) is 1. The highest BCUT2D eigenvalue weighted by molar-refractivity contribution is 6.02. The van der Waals surface area contributed by atoms with Gasteiger partial charge in [-0.05, 0) is 64.7 Å². The summed E-state index contributed by atoms with van der Waals surface area (Å²) in [6, 6.07) is 9.01. The van der Waals surface area contributed by atoms with Gasteiger partial charge in [0.15, 0.2) is 0 Å². The normalized spacial score (nSPS) is 14.0. The zero-order chi connectivity index (χ0) is 30.6. The van der Waals surface area contributed by atoms with Gasteiger partial charge in [0.2, 0.25) is 11.9 Å². The highest BCUT2D eigenvalue weighted by Gasteiger charge is 2.30. The summed E-state index contributed by atoms with van der Waals surface area (Å²) in [5.74, 6) is 0.176. The standard InChI is InChI=1S/C31H41FN8O2/c1-9-29(41)35-24-17-25(28(42-8)18-26(24)39(7)14-13-38(6)10-2)37-31-33-12-11-23(36-31)21-15-22(32)30-27(16-21)40(19(3)4)20(5)34-30/h9,11-12,15-20,34H,1,10,13-14H2,2-8H3,(H,35,41)(H,33,36,37). The lowest BCUT2D eigenvalue weighted by Crippen LogP contribution is -2.38. The zero-order valence-electron chi connectivity index (χ0n) is 25.5. The number of anilines is 6. The predicted molar refractivity (Wildman–Crippen MR) is 170 cm³/mol. The Morgan fingerprint density at radius 2 is 2.00 bits per heavy atom. The lowest BCUT2D eigenvalue weighted by Gasteiger charge is -2.28. The van der Waals surface area contributed by atoms with Gasteiger partial charge in [-0.3, -0.25) is 4.79 Å². The van der Waals surface area contributed by atoms with E-state index < -0.39 is 0 Å². The first-order chi connectivity index (χ1) is 20.1. The van der Waals surface area contributed by atoms with Crippen LogP contribution < -0.4 is 30.5 Å². The van der Waals surface area contributed by atoms with Crippen molar-refractivity contribution in [3.63, 3.8) is 0 Å². The van der Waals surface area contributed by atoms with Gasteiger partial charge in [0.05, 0.1) is 47.4 Å². The summed E-state index contributed by atoms with van der Waals surface area (Å²) in [5, 5.41) is 9.36. The number of hydrogen-bond acceptors (Lipinski definition) is 9. The summed E-state index contributed by atoms with van der Waals surface area (Å²) >= 11 is 0. The molecule has 0 saturated heterocycles. The van der Waals surface area contributed by atoms with E-state index in [1.54, 1.807) is 25.4 Å². The minimum atomic E-state index is -0.334. The molecule has 3 aromatic rings. The van der Waals surface area contributed by atoms with Crippen LogP contribution in [0.3, 0.4) is 0 Å². The van der Waals surface area contributed by atoms with Crippen molar-refractivity contribution in [2.24, 2.45) is 0 Å². The van der Waals surface area contributed by atoms with Gasteiger partial charge in [0.1, 0.15) is 11.6 Å². The van der Waals surface area contributed by atoms with E-state index in [1.165, 1.54) is 12.1 Å². The molecule has 0 spiro atoms. The van der Waals surface area contributed by atoms with Crippen molar-refractivity contribution in [1.29, 1.82) is 0 Å². The average Bonchev–Trinajstić information content (AvgIpc) is 3.32. The number of nitrogens with one attached hydrogen (secondary N) is 3.